The van der Waals surface area contributed by atoms with Gasteiger partial charge >= 0.3 is 5.97 Å². The quantitative estimate of drug-likeness (QED) is 0.794. The minimum Gasteiger partial charge on any atom is -0.477 e. The van der Waals surface area contributed by atoms with Gasteiger partial charge in [-0.2, -0.15) is 0 Å². The molecule has 6 nitrogen and oxygen atoms in total. The predicted octanol–water partition coefficient (Wildman–Crippen LogP) is 1.30. The lowest BCUT2D eigenvalue weighted by Gasteiger charge is -2.14. The lowest BCUT2D eigenvalue weighted by molar-refractivity contribution is -0.129. The van der Waals surface area contributed by atoms with Crippen molar-refractivity contribution in [2.45, 2.75) is 38.8 Å². The van der Waals surface area contributed by atoms with Crippen molar-refractivity contribution in [3.8, 4) is 5.88 Å². The van der Waals surface area contributed by atoms with Crippen molar-refractivity contribution in [2.24, 2.45) is 0 Å². The summed E-state index contributed by atoms with van der Waals surface area (Å²) in [6.07, 6.45) is 2.68. The first-order valence-corrected chi connectivity index (χ1v) is 6.71. The van der Waals surface area contributed by atoms with E-state index >= 15 is 0 Å². The van der Waals surface area contributed by atoms with Crippen LogP contribution >= 0.6 is 0 Å². The molecule has 1 aliphatic rings. The number of hydrogen-bond donors (Lipinski definition) is 1. The van der Waals surface area contributed by atoms with Crippen LogP contribution in [0.3, 0.4) is 0 Å². The third kappa shape index (κ3) is 3.69. The summed E-state index contributed by atoms with van der Waals surface area (Å²) in [6.45, 7) is 3.75. The van der Waals surface area contributed by atoms with E-state index in [2.05, 4.69) is 10.3 Å². The molecule has 1 N–H and O–H groups in total. The van der Waals surface area contributed by atoms with Gasteiger partial charge in [-0.15, -0.1) is 0 Å². The van der Waals surface area contributed by atoms with E-state index < -0.39 is 12.1 Å². The number of rotatable bonds is 6. The number of nitrogens with one attached hydrogen (secondary N) is 1. The summed E-state index contributed by atoms with van der Waals surface area (Å²) in [5.74, 6) is -0.669. The molecule has 0 aromatic carbocycles. The Morgan fingerprint density at radius 2 is 2.25 bits per heavy atom. The van der Waals surface area contributed by atoms with Gasteiger partial charge in [0.2, 0.25) is 5.88 Å². The molecule has 2 rings (SSSR count). The van der Waals surface area contributed by atoms with Crippen LogP contribution in [0, 0.1) is 0 Å². The van der Waals surface area contributed by atoms with Crippen molar-refractivity contribution in [3.05, 3.63) is 23.9 Å². The van der Waals surface area contributed by atoms with Crippen molar-refractivity contribution in [1.29, 1.82) is 0 Å². The van der Waals surface area contributed by atoms with Gasteiger partial charge < -0.3 is 14.8 Å². The molecule has 6 heteroatoms. The number of aromatic nitrogens is 1. The van der Waals surface area contributed by atoms with Crippen molar-refractivity contribution >= 4 is 11.9 Å². The third-order valence-electron chi connectivity index (χ3n) is 2.85. The van der Waals surface area contributed by atoms with Crippen LogP contribution in [0.2, 0.25) is 0 Å². The zero-order valence-corrected chi connectivity index (χ0v) is 11.6. The highest BCUT2D eigenvalue weighted by atomic mass is 16.5. The molecule has 1 fully saturated rings. The summed E-state index contributed by atoms with van der Waals surface area (Å²) in [7, 11) is 0. The molecule has 0 bridgehead atoms. The molecule has 1 heterocycles. The minimum absolute atomic E-state index is 0.217. The zero-order valence-electron chi connectivity index (χ0n) is 11.6. The Kier molecular flexibility index (Phi) is 4.55. The second-order valence-corrected chi connectivity index (χ2v) is 4.62. The second-order valence-electron chi connectivity index (χ2n) is 4.62. The molecule has 1 amide bonds. The molecule has 1 saturated carbocycles. The topological polar surface area (TPSA) is 77.5 Å². The number of nitrogens with zero attached hydrogens (tertiary/aromatic N) is 1. The Morgan fingerprint density at radius 1 is 1.50 bits per heavy atom. The van der Waals surface area contributed by atoms with E-state index in [1.165, 1.54) is 6.20 Å². The maximum Gasteiger partial charge on any atom is 0.344 e. The molecule has 0 aliphatic heterocycles. The first kappa shape index (κ1) is 14.3. The maximum absolute atomic E-state index is 12.0. The molecular formula is C14H18N2O4. The van der Waals surface area contributed by atoms with Crippen molar-refractivity contribution in [1.82, 2.24) is 10.3 Å². The van der Waals surface area contributed by atoms with Gasteiger partial charge in [-0.05, 0) is 38.8 Å². The van der Waals surface area contributed by atoms with Gasteiger partial charge in [-0.25, -0.2) is 9.78 Å². The van der Waals surface area contributed by atoms with Crippen molar-refractivity contribution < 1.29 is 19.1 Å². The van der Waals surface area contributed by atoms with Gasteiger partial charge in [0.15, 0.2) is 6.10 Å². The Bertz CT molecular complexity index is 500. The SMILES string of the molecule is CCOc1ncccc1C(=O)O[C@H](C)C(=O)NC1CC1. The van der Waals surface area contributed by atoms with Crippen LogP contribution in [-0.2, 0) is 9.53 Å². The van der Waals surface area contributed by atoms with Crippen LogP contribution in [-0.4, -0.2) is 35.6 Å². The number of ether oxygens (including phenoxy) is 2. The van der Waals surface area contributed by atoms with E-state index in [-0.39, 0.29) is 23.4 Å². The summed E-state index contributed by atoms with van der Waals surface area (Å²) < 4.78 is 10.4. The summed E-state index contributed by atoms with van der Waals surface area (Å²) >= 11 is 0. The lowest BCUT2D eigenvalue weighted by Crippen LogP contribution is -2.37. The smallest absolute Gasteiger partial charge is 0.344 e. The monoisotopic (exact) mass is 278 g/mol. The van der Waals surface area contributed by atoms with Gasteiger partial charge in [0.1, 0.15) is 5.56 Å². The molecule has 0 saturated heterocycles. The number of pyridine rings is 1. The molecule has 20 heavy (non-hydrogen) atoms. The van der Waals surface area contributed by atoms with E-state index in [0.717, 1.165) is 12.8 Å². The summed E-state index contributed by atoms with van der Waals surface area (Å²) in [5, 5.41) is 2.79. The first-order chi connectivity index (χ1) is 9.61. The average molecular weight is 278 g/mol. The third-order valence-corrected chi connectivity index (χ3v) is 2.85. The van der Waals surface area contributed by atoms with Crippen LogP contribution in [0.1, 0.15) is 37.0 Å². The van der Waals surface area contributed by atoms with Crippen LogP contribution in [0.25, 0.3) is 0 Å². The number of hydrogen-bond acceptors (Lipinski definition) is 5. The summed E-state index contributed by atoms with van der Waals surface area (Å²) in [4.78, 5) is 27.7. The van der Waals surface area contributed by atoms with Gasteiger partial charge in [0.25, 0.3) is 5.91 Å². The van der Waals surface area contributed by atoms with E-state index in [1.807, 2.05) is 0 Å². The fourth-order valence-corrected chi connectivity index (χ4v) is 1.62. The van der Waals surface area contributed by atoms with E-state index in [0.29, 0.717) is 6.61 Å². The second kappa shape index (κ2) is 6.36. The fraction of sp³-hybridized carbons (Fsp3) is 0.500. The van der Waals surface area contributed by atoms with Crippen LogP contribution in [0.5, 0.6) is 5.88 Å². The molecule has 0 unspecified atom stereocenters. The van der Waals surface area contributed by atoms with Crippen LogP contribution < -0.4 is 10.1 Å². The van der Waals surface area contributed by atoms with Crippen LogP contribution in [0.15, 0.2) is 18.3 Å². The van der Waals surface area contributed by atoms with Crippen LogP contribution in [0.4, 0.5) is 0 Å². The number of amides is 1. The largest absolute Gasteiger partial charge is 0.477 e. The highest BCUT2D eigenvalue weighted by Crippen LogP contribution is 2.19. The van der Waals surface area contributed by atoms with Crippen molar-refractivity contribution in [2.75, 3.05) is 6.61 Å². The lowest BCUT2D eigenvalue weighted by atomic mass is 10.2. The molecule has 1 atom stereocenters. The van der Waals surface area contributed by atoms with Crippen molar-refractivity contribution in [3.63, 3.8) is 0 Å². The highest BCUT2D eigenvalue weighted by molar-refractivity contribution is 5.94. The first-order valence-electron chi connectivity index (χ1n) is 6.71. The van der Waals surface area contributed by atoms with Gasteiger partial charge in [-0.1, -0.05) is 0 Å². The number of carbonyl (C=O) groups is 2. The summed E-state index contributed by atoms with van der Waals surface area (Å²) in [6, 6.07) is 3.42. The van der Waals surface area contributed by atoms with Gasteiger partial charge in [-0.3, -0.25) is 4.79 Å². The highest BCUT2D eigenvalue weighted by Gasteiger charge is 2.28. The van der Waals surface area contributed by atoms with E-state index in [9.17, 15) is 9.59 Å². The Hall–Kier alpha value is -2.11. The Morgan fingerprint density at radius 3 is 2.90 bits per heavy atom. The molecule has 0 radical (unpaired) electrons. The maximum atomic E-state index is 12.0. The normalized spacial score (nSPS) is 15.3. The predicted molar refractivity (Wildman–Crippen MR) is 71.4 cm³/mol. The van der Waals surface area contributed by atoms with Gasteiger partial charge in [0, 0.05) is 12.2 Å². The number of carbonyl (C=O) groups excluding carboxylic acids is 2. The Labute approximate surface area is 117 Å². The standard InChI is InChI=1S/C14H18N2O4/c1-3-19-13-11(5-4-8-15-13)14(18)20-9(2)12(17)16-10-6-7-10/h4-5,8-10H,3,6-7H2,1-2H3,(H,16,17)/t9-/m1/s1. The molecular weight excluding hydrogens is 260 g/mol. The zero-order chi connectivity index (χ0) is 14.5. The van der Waals surface area contributed by atoms with E-state index in [1.54, 1.807) is 26.0 Å². The fourth-order valence-electron chi connectivity index (χ4n) is 1.62. The molecule has 108 valence electrons. The average Bonchev–Trinajstić information content (AvgIpc) is 3.23. The molecule has 1 aliphatic carbocycles. The number of esters is 1. The van der Waals surface area contributed by atoms with Gasteiger partial charge in [0.05, 0.1) is 6.61 Å². The Balaban J connectivity index is 1.98. The molecule has 0 spiro atoms. The summed E-state index contributed by atoms with van der Waals surface area (Å²) in [5.41, 5.74) is 0.223. The molecule has 1 aromatic rings. The van der Waals surface area contributed by atoms with E-state index in [4.69, 9.17) is 9.47 Å². The molecule has 1 aromatic heterocycles. The minimum atomic E-state index is -0.835.